The Morgan fingerprint density at radius 3 is 2.57 bits per heavy atom. The summed E-state index contributed by atoms with van der Waals surface area (Å²) in [5, 5.41) is 2.96. The Labute approximate surface area is 125 Å². The van der Waals surface area contributed by atoms with Gasteiger partial charge < -0.3 is 14.5 Å². The molecule has 5 nitrogen and oxygen atoms in total. The number of aryl methyl sites for hydroxylation is 2. The normalized spacial score (nSPS) is 22.4. The second-order valence-electron chi connectivity index (χ2n) is 5.72. The Bertz CT molecular complexity index is 520. The Morgan fingerprint density at radius 2 is 1.95 bits per heavy atom. The molecule has 1 aliphatic rings. The van der Waals surface area contributed by atoms with Gasteiger partial charge in [-0.05, 0) is 32.8 Å². The average Bonchev–Trinajstić information content (AvgIpc) is 2.65. The predicted molar refractivity (Wildman–Crippen MR) is 78.0 cm³/mol. The van der Waals surface area contributed by atoms with Crippen molar-refractivity contribution in [2.75, 3.05) is 7.11 Å². The highest BCUT2D eigenvalue weighted by Crippen LogP contribution is 2.25. The summed E-state index contributed by atoms with van der Waals surface area (Å²) in [6.07, 6.45) is 4.64. The molecule has 1 aromatic rings. The van der Waals surface area contributed by atoms with Crippen LogP contribution in [0.3, 0.4) is 0 Å². The molecule has 1 aliphatic carbocycles. The van der Waals surface area contributed by atoms with E-state index in [1.807, 2.05) is 19.9 Å². The fourth-order valence-electron chi connectivity index (χ4n) is 3.01. The van der Waals surface area contributed by atoms with Crippen molar-refractivity contribution in [1.29, 1.82) is 0 Å². The molecule has 0 saturated heterocycles. The van der Waals surface area contributed by atoms with Gasteiger partial charge in [0.25, 0.3) is 5.91 Å². The van der Waals surface area contributed by atoms with Gasteiger partial charge in [0.1, 0.15) is 5.76 Å². The van der Waals surface area contributed by atoms with E-state index >= 15 is 0 Å². The maximum Gasteiger partial charge on any atom is 0.310 e. The molecule has 5 heteroatoms. The number of carbonyl (C=O) groups excluding carboxylic acids is 2. The van der Waals surface area contributed by atoms with Crippen LogP contribution in [0.4, 0.5) is 0 Å². The molecule has 1 N–H and O–H groups in total. The molecule has 1 fully saturated rings. The molecule has 2 atom stereocenters. The summed E-state index contributed by atoms with van der Waals surface area (Å²) >= 11 is 0. The highest BCUT2D eigenvalue weighted by atomic mass is 16.5. The van der Waals surface area contributed by atoms with Crippen molar-refractivity contribution in [2.24, 2.45) is 5.92 Å². The lowest BCUT2D eigenvalue weighted by Gasteiger charge is -2.23. The molecular weight excluding hydrogens is 270 g/mol. The van der Waals surface area contributed by atoms with Gasteiger partial charge in [0.15, 0.2) is 5.76 Å². The zero-order valence-corrected chi connectivity index (χ0v) is 12.9. The van der Waals surface area contributed by atoms with Gasteiger partial charge in [0.2, 0.25) is 0 Å². The van der Waals surface area contributed by atoms with Crippen LogP contribution in [0.2, 0.25) is 0 Å². The van der Waals surface area contributed by atoms with Gasteiger partial charge in [0, 0.05) is 11.6 Å². The van der Waals surface area contributed by atoms with Gasteiger partial charge in [-0.2, -0.15) is 0 Å². The molecule has 0 aliphatic heterocycles. The zero-order valence-electron chi connectivity index (χ0n) is 12.9. The van der Waals surface area contributed by atoms with Crippen LogP contribution in [0.5, 0.6) is 0 Å². The number of ether oxygens (including phenoxy) is 1. The summed E-state index contributed by atoms with van der Waals surface area (Å²) in [5.74, 6) is 0.289. The largest absolute Gasteiger partial charge is 0.469 e. The number of carbonyl (C=O) groups is 2. The number of nitrogens with one attached hydrogen (secondary N) is 1. The first-order valence-electron chi connectivity index (χ1n) is 7.48. The lowest BCUT2D eigenvalue weighted by atomic mass is 9.94. The highest BCUT2D eigenvalue weighted by Gasteiger charge is 2.32. The molecule has 1 aromatic heterocycles. The van der Waals surface area contributed by atoms with Gasteiger partial charge in [-0.15, -0.1) is 0 Å². The first-order valence-corrected chi connectivity index (χ1v) is 7.48. The lowest BCUT2D eigenvalue weighted by Crippen LogP contribution is -2.43. The third-order valence-electron chi connectivity index (χ3n) is 4.08. The standard InChI is InChI=1S/C16H23NO4/c1-10-9-11(2)21-14(10)15(18)17-13-8-6-4-5-7-12(13)16(19)20-3/h9,12-13H,4-8H2,1-3H3,(H,17,18)/t12-,13+/m0/s1. The van der Waals surface area contributed by atoms with E-state index in [1.54, 1.807) is 0 Å². The number of amides is 1. The fraction of sp³-hybridized carbons (Fsp3) is 0.625. The molecule has 21 heavy (non-hydrogen) atoms. The van der Waals surface area contributed by atoms with Crippen molar-refractivity contribution in [3.63, 3.8) is 0 Å². The van der Waals surface area contributed by atoms with Crippen LogP contribution in [-0.2, 0) is 9.53 Å². The SMILES string of the molecule is COC(=O)[C@H]1CCCCC[C@H]1NC(=O)c1oc(C)cc1C. The van der Waals surface area contributed by atoms with E-state index in [4.69, 9.17) is 9.15 Å². The molecule has 1 heterocycles. The molecule has 0 bridgehead atoms. The third-order valence-corrected chi connectivity index (χ3v) is 4.08. The summed E-state index contributed by atoms with van der Waals surface area (Å²) in [5.41, 5.74) is 0.813. The van der Waals surface area contributed by atoms with Crippen LogP contribution >= 0.6 is 0 Å². The highest BCUT2D eigenvalue weighted by molar-refractivity contribution is 5.93. The lowest BCUT2D eigenvalue weighted by molar-refractivity contribution is -0.146. The second kappa shape index (κ2) is 6.78. The summed E-state index contributed by atoms with van der Waals surface area (Å²) in [4.78, 5) is 24.3. The number of hydrogen-bond donors (Lipinski definition) is 1. The van der Waals surface area contributed by atoms with Crippen LogP contribution in [0.1, 0.15) is 54.0 Å². The van der Waals surface area contributed by atoms with Crippen LogP contribution < -0.4 is 5.32 Å². The summed E-state index contributed by atoms with van der Waals surface area (Å²) in [6.45, 7) is 3.66. The number of esters is 1. The Morgan fingerprint density at radius 1 is 1.24 bits per heavy atom. The van der Waals surface area contributed by atoms with Crippen molar-refractivity contribution in [3.05, 3.63) is 23.2 Å². The maximum absolute atomic E-state index is 12.4. The van der Waals surface area contributed by atoms with Gasteiger partial charge in [0.05, 0.1) is 13.0 Å². The van der Waals surface area contributed by atoms with Gasteiger partial charge in [-0.1, -0.05) is 19.3 Å². The van der Waals surface area contributed by atoms with Crippen molar-refractivity contribution < 1.29 is 18.7 Å². The molecule has 116 valence electrons. The molecule has 1 amide bonds. The van der Waals surface area contributed by atoms with Crippen molar-refractivity contribution in [2.45, 2.75) is 52.0 Å². The minimum Gasteiger partial charge on any atom is -0.469 e. The molecule has 0 unspecified atom stereocenters. The minimum absolute atomic E-state index is 0.183. The van der Waals surface area contributed by atoms with E-state index < -0.39 is 0 Å². The summed E-state index contributed by atoms with van der Waals surface area (Å²) in [7, 11) is 1.39. The van der Waals surface area contributed by atoms with E-state index in [0.717, 1.165) is 37.7 Å². The van der Waals surface area contributed by atoms with E-state index in [0.29, 0.717) is 11.5 Å². The fourth-order valence-corrected chi connectivity index (χ4v) is 3.01. The van der Waals surface area contributed by atoms with E-state index in [1.165, 1.54) is 7.11 Å². The molecule has 0 radical (unpaired) electrons. The Kier molecular flexibility index (Phi) is 5.04. The monoisotopic (exact) mass is 293 g/mol. The smallest absolute Gasteiger partial charge is 0.310 e. The first-order chi connectivity index (χ1) is 10.0. The van der Waals surface area contributed by atoms with E-state index in [-0.39, 0.29) is 23.8 Å². The van der Waals surface area contributed by atoms with Crippen LogP contribution in [0, 0.1) is 19.8 Å². The number of furan rings is 1. The predicted octanol–water partition coefficient (Wildman–Crippen LogP) is 2.75. The van der Waals surface area contributed by atoms with Crippen LogP contribution in [0.15, 0.2) is 10.5 Å². The first kappa shape index (κ1) is 15.6. The minimum atomic E-state index is -0.266. The van der Waals surface area contributed by atoms with Crippen molar-refractivity contribution in [3.8, 4) is 0 Å². The van der Waals surface area contributed by atoms with Crippen LogP contribution in [0.25, 0.3) is 0 Å². The Balaban J connectivity index is 2.12. The van der Waals surface area contributed by atoms with E-state index in [2.05, 4.69) is 5.32 Å². The second-order valence-corrected chi connectivity index (χ2v) is 5.72. The molecular formula is C16H23NO4. The molecule has 1 saturated carbocycles. The quantitative estimate of drug-likeness (QED) is 0.687. The number of methoxy groups -OCH3 is 1. The van der Waals surface area contributed by atoms with Gasteiger partial charge >= 0.3 is 5.97 Å². The van der Waals surface area contributed by atoms with Crippen molar-refractivity contribution >= 4 is 11.9 Å². The van der Waals surface area contributed by atoms with Crippen LogP contribution in [-0.4, -0.2) is 25.0 Å². The molecule has 2 rings (SSSR count). The summed E-state index contributed by atoms with van der Waals surface area (Å²) in [6, 6.07) is 1.65. The molecule has 0 spiro atoms. The maximum atomic E-state index is 12.4. The zero-order chi connectivity index (χ0) is 15.4. The third kappa shape index (κ3) is 3.65. The average molecular weight is 293 g/mol. The summed E-state index contributed by atoms with van der Waals surface area (Å²) < 4.78 is 10.3. The number of rotatable bonds is 3. The number of hydrogen-bond acceptors (Lipinski definition) is 4. The Hall–Kier alpha value is -1.78. The van der Waals surface area contributed by atoms with E-state index in [9.17, 15) is 9.59 Å². The van der Waals surface area contributed by atoms with Gasteiger partial charge in [-0.25, -0.2) is 0 Å². The molecule has 0 aromatic carbocycles. The van der Waals surface area contributed by atoms with Crippen molar-refractivity contribution in [1.82, 2.24) is 5.32 Å². The topological polar surface area (TPSA) is 68.5 Å². The van der Waals surface area contributed by atoms with Gasteiger partial charge in [-0.3, -0.25) is 9.59 Å².